The predicted octanol–water partition coefficient (Wildman–Crippen LogP) is 4.15. The van der Waals surface area contributed by atoms with Crippen LogP contribution in [0.4, 0.5) is 0 Å². The number of aliphatic hydroxyl groups is 1. The molecule has 0 saturated carbocycles. The fourth-order valence-corrected chi connectivity index (χ4v) is 4.69. The number of fused-ring (bicyclic) bond motifs is 1. The van der Waals surface area contributed by atoms with E-state index in [9.17, 15) is 15.0 Å². The van der Waals surface area contributed by atoms with Crippen molar-refractivity contribution >= 4 is 58.8 Å². The Balaban J connectivity index is 0.00000216. The van der Waals surface area contributed by atoms with Crippen LogP contribution in [0.25, 0.3) is 10.2 Å². The van der Waals surface area contributed by atoms with Crippen LogP contribution < -0.4 is 15.5 Å². The molecule has 4 rings (SSSR count). The van der Waals surface area contributed by atoms with E-state index in [2.05, 4.69) is 44.9 Å². The molecule has 196 valence electrons. The highest BCUT2D eigenvalue weighted by Gasteiger charge is 2.15. The van der Waals surface area contributed by atoms with Crippen molar-refractivity contribution in [3.8, 4) is 5.75 Å². The molecule has 0 aliphatic carbocycles. The Hall–Kier alpha value is -2.17. The third-order valence-corrected chi connectivity index (χ3v) is 6.41. The lowest BCUT2D eigenvalue weighted by molar-refractivity contribution is 0.176. The number of benzene rings is 2. The molecule has 36 heavy (non-hydrogen) atoms. The number of hydrogen-bond acceptors (Lipinski definition) is 7. The highest BCUT2D eigenvalue weighted by atomic mass is 35.5. The summed E-state index contributed by atoms with van der Waals surface area (Å²) < 4.78 is 0.595. The largest absolute Gasteiger partial charge is 0.506 e. The number of pyridine rings is 1. The summed E-state index contributed by atoms with van der Waals surface area (Å²) >= 11 is 0.997. The lowest BCUT2D eigenvalue weighted by Gasteiger charge is -2.14. The number of hydrogen-bond donors (Lipinski definition) is 5. The van der Waals surface area contributed by atoms with Gasteiger partial charge in [0.25, 0.3) is 0 Å². The molecule has 2 aromatic heterocycles. The normalized spacial score (nSPS) is 11.2. The molecule has 0 fully saturated rings. The van der Waals surface area contributed by atoms with Gasteiger partial charge in [0.15, 0.2) is 0 Å². The van der Waals surface area contributed by atoms with E-state index in [4.69, 9.17) is 0 Å². The van der Waals surface area contributed by atoms with Crippen LogP contribution in [-0.4, -0.2) is 39.8 Å². The van der Waals surface area contributed by atoms with Crippen LogP contribution in [0.2, 0.25) is 0 Å². The summed E-state index contributed by atoms with van der Waals surface area (Å²) in [6.07, 6.45) is 2.80. The number of phenolic OH excluding ortho intramolecular Hbond substituents is 1. The predicted molar refractivity (Wildman–Crippen MR) is 153 cm³/mol. The first-order chi connectivity index (χ1) is 16.1. The van der Waals surface area contributed by atoms with Gasteiger partial charge in [0.05, 0.1) is 10.8 Å². The van der Waals surface area contributed by atoms with E-state index in [-0.39, 0.29) is 47.8 Å². The van der Waals surface area contributed by atoms with Crippen molar-refractivity contribution < 1.29 is 10.2 Å². The Morgan fingerprint density at radius 1 is 0.944 bits per heavy atom. The molecular formula is C25H31Cl3N4O3S. The van der Waals surface area contributed by atoms with Gasteiger partial charge in [-0.15, -0.1) is 37.2 Å². The van der Waals surface area contributed by atoms with E-state index in [0.29, 0.717) is 22.3 Å². The molecule has 0 radical (unpaired) electrons. The number of halogens is 3. The van der Waals surface area contributed by atoms with Crippen molar-refractivity contribution in [3.63, 3.8) is 0 Å². The molecule has 7 nitrogen and oxygen atoms in total. The lowest BCUT2D eigenvalue weighted by Crippen LogP contribution is -2.24. The second-order valence-corrected chi connectivity index (χ2v) is 8.91. The minimum absolute atomic E-state index is 0. The van der Waals surface area contributed by atoms with Crippen molar-refractivity contribution in [2.75, 3.05) is 19.6 Å². The molecular weight excluding hydrogens is 543 g/mol. The molecule has 0 aliphatic heterocycles. The van der Waals surface area contributed by atoms with E-state index >= 15 is 0 Å². The molecule has 2 aromatic carbocycles. The van der Waals surface area contributed by atoms with Crippen molar-refractivity contribution in [1.29, 1.82) is 0 Å². The van der Waals surface area contributed by atoms with Gasteiger partial charge in [0, 0.05) is 43.5 Å². The fourth-order valence-electron chi connectivity index (χ4n) is 3.77. The summed E-state index contributed by atoms with van der Waals surface area (Å²) in [6.45, 7) is 2.77. The van der Waals surface area contributed by atoms with Gasteiger partial charge < -0.3 is 25.8 Å². The van der Waals surface area contributed by atoms with Crippen LogP contribution in [0.1, 0.15) is 28.5 Å². The van der Waals surface area contributed by atoms with Crippen molar-refractivity contribution in [1.82, 2.24) is 20.6 Å². The quantitative estimate of drug-likeness (QED) is 0.172. The average molecular weight is 574 g/mol. The summed E-state index contributed by atoms with van der Waals surface area (Å²) in [5, 5.41) is 27.3. The smallest absolute Gasteiger partial charge is 0.305 e. The number of thiazole rings is 1. The molecule has 0 aliphatic rings. The maximum Gasteiger partial charge on any atom is 0.305 e. The van der Waals surface area contributed by atoms with Crippen molar-refractivity contribution in [2.45, 2.75) is 25.5 Å². The second-order valence-electron chi connectivity index (χ2n) is 7.93. The van der Waals surface area contributed by atoms with Gasteiger partial charge in [-0.2, -0.15) is 0 Å². The summed E-state index contributed by atoms with van der Waals surface area (Å²) in [7, 11) is 0. The maximum absolute atomic E-state index is 11.7. The van der Waals surface area contributed by atoms with E-state index in [1.165, 1.54) is 17.2 Å². The van der Waals surface area contributed by atoms with Crippen molar-refractivity contribution in [3.05, 3.63) is 92.8 Å². The zero-order valence-corrected chi connectivity index (χ0v) is 22.7. The minimum Gasteiger partial charge on any atom is -0.506 e. The number of nitrogens with zero attached hydrogens (tertiary/aromatic N) is 1. The third-order valence-electron chi connectivity index (χ3n) is 5.48. The molecule has 4 aromatic rings. The number of aromatic nitrogens is 2. The van der Waals surface area contributed by atoms with E-state index in [1.807, 2.05) is 24.4 Å². The fraction of sp³-hybridized carbons (Fsp3) is 0.280. The Bertz CT molecular complexity index is 1250. The van der Waals surface area contributed by atoms with Gasteiger partial charge in [-0.05, 0) is 42.3 Å². The maximum atomic E-state index is 11.7. The topological polar surface area (TPSA) is 110 Å². The molecule has 2 heterocycles. The average Bonchev–Trinajstić information content (AvgIpc) is 3.23. The van der Waals surface area contributed by atoms with Gasteiger partial charge in [-0.3, -0.25) is 9.78 Å². The van der Waals surface area contributed by atoms with Gasteiger partial charge in [0.1, 0.15) is 11.3 Å². The van der Waals surface area contributed by atoms with Crippen LogP contribution >= 0.6 is 48.6 Å². The molecule has 0 bridgehead atoms. The van der Waals surface area contributed by atoms with Gasteiger partial charge >= 0.3 is 4.87 Å². The number of aromatic amines is 1. The van der Waals surface area contributed by atoms with Gasteiger partial charge in [0.2, 0.25) is 0 Å². The minimum atomic E-state index is -0.769. The molecule has 0 spiro atoms. The van der Waals surface area contributed by atoms with E-state index < -0.39 is 6.10 Å². The monoisotopic (exact) mass is 572 g/mol. The van der Waals surface area contributed by atoms with Crippen LogP contribution in [-0.2, 0) is 19.4 Å². The SMILES string of the molecule is Cl.Cl.Cl.O=c1[nH]c2c(O)ccc([C@@H](O)CNCCc3cccc(CNCCc4ccccn4)c3)c2s1. The van der Waals surface area contributed by atoms with Crippen LogP contribution in [0.15, 0.2) is 65.6 Å². The summed E-state index contributed by atoms with van der Waals surface area (Å²) in [6, 6.07) is 17.6. The van der Waals surface area contributed by atoms with Crippen LogP contribution in [0, 0.1) is 0 Å². The third kappa shape index (κ3) is 8.74. The molecule has 0 amide bonds. The standard InChI is InChI=1S/C25H28N4O3S.3ClH/c30-21-8-7-20(24-23(21)29-25(32)33-24)22(31)16-27-12-9-17-4-3-5-18(14-17)15-26-13-10-19-6-1-2-11-28-19;;;/h1-8,11,14,22,26-27,30-31H,9-10,12-13,15-16H2,(H,29,32);3*1H/t22-;;;/m0.../s1. The first-order valence-corrected chi connectivity index (χ1v) is 11.8. The van der Waals surface area contributed by atoms with E-state index in [0.717, 1.165) is 49.5 Å². The van der Waals surface area contributed by atoms with Gasteiger partial charge in [-0.1, -0.05) is 47.7 Å². The Kier molecular flexibility index (Phi) is 14.0. The Morgan fingerprint density at radius 2 is 1.72 bits per heavy atom. The van der Waals surface area contributed by atoms with E-state index in [1.54, 1.807) is 6.07 Å². The Morgan fingerprint density at radius 3 is 2.50 bits per heavy atom. The number of aliphatic hydroxyl groups excluding tert-OH is 1. The number of H-pyrrole nitrogens is 1. The Labute approximate surface area is 232 Å². The number of rotatable bonds is 11. The highest BCUT2D eigenvalue weighted by molar-refractivity contribution is 7.16. The molecule has 5 N–H and O–H groups in total. The first-order valence-electron chi connectivity index (χ1n) is 11.0. The molecule has 1 atom stereocenters. The zero-order chi connectivity index (χ0) is 23.0. The second kappa shape index (κ2) is 15.8. The first kappa shape index (κ1) is 31.9. The zero-order valence-electron chi connectivity index (χ0n) is 19.5. The lowest BCUT2D eigenvalue weighted by atomic mass is 10.1. The number of aromatic hydroxyl groups is 1. The highest BCUT2D eigenvalue weighted by Crippen LogP contribution is 2.31. The van der Waals surface area contributed by atoms with Crippen molar-refractivity contribution in [2.24, 2.45) is 0 Å². The molecule has 0 unspecified atom stereocenters. The summed E-state index contributed by atoms with van der Waals surface area (Å²) in [5.41, 5.74) is 4.58. The molecule has 11 heteroatoms. The summed E-state index contributed by atoms with van der Waals surface area (Å²) in [5.74, 6) is 0.0124. The molecule has 0 saturated heterocycles. The number of phenols is 1. The van der Waals surface area contributed by atoms with Crippen LogP contribution in [0.5, 0.6) is 5.75 Å². The number of nitrogens with one attached hydrogen (secondary N) is 3. The van der Waals surface area contributed by atoms with Gasteiger partial charge in [-0.25, -0.2) is 0 Å². The van der Waals surface area contributed by atoms with Crippen LogP contribution in [0.3, 0.4) is 0 Å². The summed E-state index contributed by atoms with van der Waals surface area (Å²) in [4.78, 5) is 18.4.